The molecule has 0 radical (unpaired) electrons. The minimum Gasteiger partial charge on any atom is -0.383 e. The van der Waals surface area contributed by atoms with Crippen LogP contribution in [0.3, 0.4) is 0 Å². The molecule has 0 spiro atoms. The molecule has 0 fully saturated rings. The second-order valence-electron chi connectivity index (χ2n) is 4.03. The summed E-state index contributed by atoms with van der Waals surface area (Å²) in [6, 6.07) is 3.78. The number of hydrogen-bond acceptors (Lipinski definition) is 3. The molecular formula is C12H19F3N2O2. The van der Waals surface area contributed by atoms with E-state index in [2.05, 4.69) is 10.1 Å². The molecule has 0 saturated heterocycles. The second-order valence-corrected chi connectivity index (χ2v) is 4.03. The van der Waals surface area contributed by atoms with Gasteiger partial charge in [0.15, 0.2) is 0 Å². The van der Waals surface area contributed by atoms with E-state index in [1.54, 1.807) is 7.11 Å². The molecule has 0 saturated carbocycles. The highest BCUT2D eigenvalue weighted by Gasteiger charge is 2.27. The van der Waals surface area contributed by atoms with E-state index in [-0.39, 0.29) is 6.61 Å². The first-order valence-electron chi connectivity index (χ1n) is 6.01. The maximum Gasteiger partial charge on any atom is 0.411 e. The van der Waals surface area contributed by atoms with Crippen molar-refractivity contribution in [2.75, 3.05) is 33.5 Å². The van der Waals surface area contributed by atoms with Crippen LogP contribution < -0.4 is 5.32 Å². The van der Waals surface area contributed by atoms with Crippen molar-refractivity contribution in [3.05, 3.63) is 24.0 Å². The number of halogens is 3. The van der Waals surface area contributed by atoms with Crippen LogP contribution in [0.5, 0.6) is 0 Å². The first-order chi connectivity index (χ1) is 9.03. The molecule has 1 aromatic rings. The monoisotopic (exact) mass is 280 g/mol. The summed E-state index contributed by atoms with van der Waals surface area (Å²) in [6.07, 6.45) is -2.44. The Hall–Kier alpha value is -1.05. The van der Waals surface area contributed by atoms with Crippen LogP contribution in [-0.2, 0) is 22.6 Å². The van der Waals surface area contributed by atoms with E-state index in [4.69, 9.17) is 4.74 Å². The van der Waals surface area contributed by atoms with Gasteiger partial charge in [0.25, 0.3) is 0 Å². The average Bonchev–Trinajstić information content (AvgIpc) is 2.77. The molecular weight excluding hydrogens is 261 g/mol. The van der Waals surface area contributed by atoms with Crippen molar-refractivity contribution >= 4 is 0 Å². The SMILES string of the molecule is COCCNCc1cccn1CCOCC(F)(F)F. The molecule has 0 bridgehead atoms. The minimum absolute atomic E-state index is 0.0409. The van der Waals surface area contributed by atoms with Gasteiger partial charge in [-0.25, -0.2) is 0 Å². The number of hydrogen-bond donors (Lipinski definition) is 1. The predicted octanol–water partition coefficient (Wildman–Crippen LogP) is 1.80. The van der Waals surface area contributed by atoms with E-state index < -0.39 is 12.8 Å². The molecule has 110 valence electrons. The Balaban J connectivity index is 2.24. The van der Waals surface area contributed by atoms with Crippen LogP contribution in [0.4, 0.5) is 13.2 Å². The molecule has 0 aliphatic heterocycles. The van der Waals surface area contributed by atoms with Crippen LogP contribution in [0.25, 0.3) is 0 Å². The van der Waals surface area contributed by atoms with Crippen molar-refractivity contribution in [2.45, 2.75) is 19.3 Å². The minimum atomic E-state index is -4.26. The van der Waals surface area contributed by atoms with Gasteiger partial charge < -0.3 is 19.4 Å². The Morgan fingerprint density at radius 3 is 2.79 bits per heavy atom. The number of alkyl halides is 3. The van der Waals surface area contributed by atoms with E-state index in [1.165, 1.54) is 0 Å². The van der Waals surface area contributed by atoms with E-state index in [0.717, 1.165) is 12.2 Å². The van der Waals surface area contributed by atoms with E-state index in [1.807, 2.05) is 22.9 Å². The molecule has 0 atom stereocenters. The van der Waals surface area contributed by atoms with Crippen LogP contribution in [0.2, 0.25) is 0 Å². The highest BCUT2D eigenvalue weighted by Crippen LogP contribution is 2.14. The Morgan fingerprint density at radius 1 is 1.32 bits per heavy atom. The zero-order valence-corrected chi connectivity index (χ0v) is 10.9. The van der Waals surface area contributed by atoms with Gasteiger partial charge in [0.1, 0.15) is 6.61 Å². The van der Waals surface area contributed by atoms with Crippen LogP contribution >= 0.6 is 0 Å². The number of nitrogens with zero attached hydrogens (tertiary/aromatic N) is 1. The van der Waals surface area contributed by atoms with Gasteiger partial charge in [0.05, 0.1) is 13.2 Å². The molecule has 19 heavy (non-hydrogen) atoms. The fraction of sp³-hybridized carbons (Fsp3) is 0.667. The third-order valence-corrected chi connectivity index (χ3v) is 2.45. The Morgan fingerprint density at radius 2 is 2.11 bits per heavy atom. The summed E-state index contributed by atoms with van der Waals surface area (Å²) in [5.41, 5.74) is 1.01. The van der Waals surface area contributed by atoms with Gasteiger partial charge in [0, 0.05) is 38.6 Å². The summed E-state index contributed by atoms with van der Waals surface area (Å²) in [7, 11) is 1.63. The summed E-state index contributed by atoms with van der Waals surface area (Å²) < 4.78 is 47.0. The average molecular weight is 280 g/mol. The first-order valence-corrected chi connectivity index (χ1v) is 6.01. The Bertz CT molecular complexity index is 353. The lowest BCUT2D eigenvalue weighted by molar-refractivity contribution is -0.174. The van der Waals surface area contributed by atoms with Crippen molar-refractivity contribution < 1.29 is 22.6 Å². The number of nitrogens with one attached hydrogen (secondary N) is 1. The molecule has 7 heteroatoms. The lowest BCUT2D eigenvalue weighted by Crippen LogP contribution is -2.22. The molecule has 0 unspecified atom stereocenters. The van der Waals surface area contributed by atoms with Crippen LogP contribution in [0.1, 0.15) is 5.69 Å². The molecule has 0 aliphatic rings. The molecule has 1 rings (SSSR count). The normalized spacial score (nSPS) is 12.0. The first kappa shape index (κ1) is 16.0. The fourth-order valence-corrected chi connectivity index (χ4v) is 1.57. The summed E-state index contributed by atoms with van der Waals surface area (Å²) in [6.45, 7) is 1.25. The number of ether oxygens (including phenoxy) is 2. The van der Waals surface area contributed by atoms with E-state index in [9.17, 15) is 13.2 Å². The van der Waals surface area contributed by atoms with Gasteiger partial charge in [-0.15, -0.1) is 0 Å². The number of aromatic nitrogens is 1. The van der Waals surface area contributed by atoms with Crippen molar-refractivity contribution in [1.29, 1.82) is 0 Å². The highest BCUT2D eigenvalue weighted by atomic mass is 19.4. The molecule has 0 amide bonds. The van der Waals surface area contributed by atoms with Crippen LogP contribution in [0, 0.1) is 0 Å². The third-order valence-electron chi connectivity index (χ3n) is 2.45. The summed E-state index contributed by atoms with van der Waals surface area (Å²) in [4.78, 5) is 0. The van der Waals surface area contributed by atoms with Gasteiger partial charge in [-0.3, -0.25) is 0 Å². The van der Waals surface area contributed by atoms with Crippen molar-refractivity contribution in [3.63, 3.8) is 0 Å². The number of methoxy groups -OCH3 is 1. The van der Waals surface area contributed by atoms with Crippen molar-refractivity contribution in [2.24, 2.45) is 0 Å². The molecule has 1 heterocycles. The van der Waals surface area contributed by atoms with Gasteiger partial charge in [0.2, 0.25) is 0 Å². The maximum absolute atomic E-state index is 11.9. The summed E-state index contributed by atoms with van der Waals surface area (Å²) >= 11 is 0. The smallest absolute Gasteiger partial charge is 0.383 e. The lowest BCUT2D eigenvalue weighted by Gasteiger charge is -2.11. The predicted molar refractivity (Wildman–Crippen MR) is 64.9 cm³/mol. The van der Waals surface area contributed by atoms with E-state index in [0.29, 0.717) is 19.7 Å². The molecule has 0 aromatic carbocycles. The van der Waals surface area contributed by atoms with Gasteiger partial charge in [-0.05, 0) is 12.1 Å². The van der Waals surface area contributed by atoms with Crippen molar-refractivity contribution in [3.8, 4) is 0 Å². The summed E-state index contributed by atoms with van der Waals surface area (Å²) in [5, 5.41) is 3.18. The quantitative estimate of drug-likeness (QED) is 0.701. The van der Waals surface area contributed by atoms with Gasteiger partial charge in [-0.1, -0.05) is 0 Å². The molecule has 0 aliphatic carbocycles. The topological polar surface area (TPSA) is 35.4 Å². The van der Waals surface area contributed by atoms with Crippen LogP contribution in [0.15, 0.2) is 18.3 Å². The zero-order chi connectivity index (χ0) is 14.1. The second kappa shape index (κ2) is 8.19. The molecule has 4 nitrogen and oxygen atoms in total. The molecule has 1 aromatic heterocycles. The zero-order valence-electron chi connectivity index (χ0n) is 10.9. The molecule has 1 N–H and O–H groups in total. The highest BCUT2D eigenvalue weighted by molar-refractivity contribution is 5.06. The maximum atomic E-state index is 11.9. The third kappa shape index (κ3) is 7.19. The van der Waals surface area contributed by atoms with Crippen molar-refractivity contribution in [1.82, 2.24) is 9.88 Å². The standard InChI is InChI=1S/C12H19F3N2O2/c1-18-7-4-16-9-11-3-2-5-17(11)6-8-19-10-12(13,14)15/h2-3,5,16H,4,6-10H2,1H3. The largest absolute Gasteiger partial charge is 0.411 e. The van der Waals surface area contributed by atoms with Crippen LogP contribution in [-0.4, -0.2) is 44.2 Å². The lowest BCUT2D eigenvalue weighted by atomic mass is 10.4. The number of rotatable bonds is 9. The van der Waals surface area contributed by atoms with Gasteiger partial charge in [-0.2, -0.15) is 13.2 Å². The van der Waals surface area contributed by atoms with E-state index >= 15 is 0 Å². The fourth-order valence-electron chi connectivity index (χ4n) is 1.57. The Kier molecular flexibility index (Phi) is 6.90. The Labute approximate surface area is 110 Å². The van der Waals surface area contributed by atoms with Gasteiger partial charge >= 0.3 is 6.18 Å². The summed E-state index contributed by atoms with van der Waals surface area (Å²) in [5.74, 6) is 0.